The van der Waals surface area contributed by atoms with Gasteiger partial charge in [0.15, 0.2) is 0 Å². The summed E-state index contributed by atoms with van der Waals surface area (Å²) in [7, 11) is 1.93. The molecule has 3 nitrogen and oxygen atoms in total. The van der Waals surface area contributed by atoms with E-state index in [1.54, 1.807) is 0 Å². The van der Waals surface area contributed by atoms with Crippen LogP contribution in [0.2, 0.25) is 0 Å². The number of aliphatic hydroxyl groups excluding tert-OH is 1. The van der Waals surface area contributed by atoms with Crippen molar-refractivity contribution in [1.29, 1.82) is 0 Å². The Bertz CT molecular complexity index is 567. The molecule has 18 heavy (non-hydrogen) atoms. The van der Waals surface area contributed by atoms with E-state index < -0.39 is 0 Å². The Morgan fingerprint density at radius 1 is 1.28 bits per heavy atom. The predicted octanol–water partition coefficient (Wildman–Crippen LogP) is 2.10. The second kappa shape index (κ2) is 4.59. The zero-order chi connectivity index (χ0) is 12.5. The minimum Gasteiger partial charge on any atom is -0.493 e. The second-order valence-corrected chi connectivity index (χ2v) is 4.72. The molecule has 2 aromatic rings. The average molecular weight is 243 g/mol. The van der Waals surface area contributed by atoms with Gasteiger partial charge in [-0.15, -0.1) is 0 Å². The van der Waals surface area contributed by atoms with Crippen molar-refractivity contribution in [1.82, 2.24) is 5.32 Å². The fourth-order valence-electron chi connectivity index (χ4n) is 2.79. The number of rotatable bonds is 2. The molecule has 94 valence electrons. The summed E-state index contributed by atoms with van der Waals surface area (Å²) >= 11 is 0. The molecule has 0 fully saturated rings. The van der Waals surface area contributed by atoms with Crippen LogP contribution in [0.5, 0.6) is 5.75 Å². The molecule has 1 aliphatic heterocycles. The first-order valence-electron chi connectivity index (χ1n) is 6.27. The fraction of sp³-hybridized carbons (Fsp3) is 0.333. The smallest absolute Gasteiger partial charge is 0.124 e. The molecule has 0 bridgehead atoms. The zero-order valence-electron chi connectivity index (χ0n) is 10.4. The fourth-order valence-corrected chi connectivity index (χ4v) is 2.79. The van der Waals surface area contributed by atoms with Gasteiger partial charge in [0.05, 0.1) is 13.2 Å². The van der Waals surface area contributed by atoms with Gasteiger partial charge in [-0.25, -0.2) is 0 Å². The van der Waals surface area contributed by atoms with Gasteiger partial charge in [0.25, 0.3) is 0 Å². The quantitative estimate of drug-likeness (QED) is 0.848. The van der Waals surface area contributed by atoms with Crippen LogP contribution in [0.15, 0.2) is 36.4 Å². The number of ether oxygens (including phenoxy) is 1. The maximum Gasteiger partial charge on any atom is 0.124 e. The number of benzene rings is 2. The summed E-state index contributed by atoms with van der Waals surface area (Å²) in [6.45, 7) is 0.696. The molecule has 0 saturated carbocycles. The van der Waals surface area contributed by atoms with E-state index in [2.05, 4.69) is 23.5 Å². The van der Waals surface area contributed by atoms with Crippen LogP contribution in [0.25, 0.3) is 10.8 Å². The summed E-state index contributed by atoms with van der Waals surface area (Å²) in [5, 5.41) is 15.2. The number of aliphatic hydroxyl groups is 1. The van der Waals surface area contributed by atoms with Gasteiger partial charge >= 0.3 is 0 Å². The predicted molar refractivity (Wildman–Crippen MR) is 71.8 cm³/mol. The molecule has 0 aliphatic carbocycles. The lowest BCUT2D eigenvalue weighted by atomic mass is 9.88. The Hall–Kier alpha value is -1.58. The van der Waals surface area contributed by atoms with E-state index in [-0.39, 0.29) is 18.6 Å². The van der Waals surface area contributed by atoms with Gasteiger partial charge in [-0.1, -0.05) is 30.3 Å². The van der Waals surface area contributed by atoms with Crippen molar-refractivity contribution >= 4 is 10.8 Å². The number of fused-ring (bicyclic) bond motifs is 3. The molecule has 2 atom stereocenters. The van der Waals surface area contributed by atoms with E-state index in [0.29, 0.717) is 6.61 Å². The highest BCUT2D eigenvalue weighted by atomic mass is 16.5. The van der Waals surface area contributed by atoms with Crippen molar-refractivity contribution in [3.05, 3.63) is 42.0 Å². The van der Waals surface area contributed by atoms with Crippen LogP contribution in [0, 0.1) is 5.92 Å². The van der Waals surface area contributed by atoms with Crippen molar-refractivity contribution in [2.75, 3.05) is 20.3 Å². The van der Waals surface area contributed by atoms with Crippen molar-refractivity contribution in [3.8, 4) is 5.75 Å². The minimum absolute atomic E-state index is 0.105. The summed E-state index contributed by atoms with van der Waals surface area (Å²) in [4.78, 5) is 0. The molecule has 3 heteroatoms. The van der Waals surface area contributed by atoms with Gasteiger partial charge in [0.1, 0.15) is 5.75 Å². The molecule has 0 radical (unpaired) electrons. The molecule has 0 saturated heterocycles. The van der Waals surface area contributed by atoms with Crippen LogP contribution in [0.4, 0.5) is 0 Å². The maximum atomic E-state index is 9.47. The van der Waals surface area contributed by atoms with Crippen LogP contribution in [-0.2, 0) is 0 Å². The third-order valence-electron chi connectivity index (χ3n) is 3.71. The van der Waals surface area contributed by atoms with Crippen molar-refractivity contribution in [3.63, 3.8) is 0 Å². The average Bonchev–Trinajstić information content (AvgIpc) is 2.45. The van der Waals surface area contributed by atoms with Crippen LogP contribution in [-0.4, -0.2) is 25.4 Å². The van der Waals surface area contributed by atoms with Crippen molar-refractivity contribution < 1.29 is 9.84 Å². The summed E-state index contributed by atoms with van der Waals surface area (Å²) in [5.74, 6) is 1.03. The molecule has 0 aromatic heterocycles. The normalized spacial score (nSPS) is 22.6. The molecule has 2 N–H and O–H groups in total. The molecule has 2 aromatic carbocycles. The highest BCUT2D eigenvalue weighted by molar-refractivity contribution is 5.88. The topological polar surface area (TPSA) is 41.5 Å². The third-order valence-corrected chi connectivity index (χ3v) is 3.71. The van der Waals surface area contributed by atoms with Crippen molar-refractivity contribution in [2.24, 2.45) is 5.92 Å². The van der Waals surface area contributed by atoms with E-state index in [4.69, 9.17) is 4.74 Å². The summed E-state index contributed by atoms with van der Waals surface area (Å²) in [6, 6.07) is 12.5. The zero-order valence-corrected chi connectivity index (χ0v) is 10.4. The third kappa shape index (κ3) is 1.67. The number of nitrogens with one attached hydrogen (secondary N) is 1. The van der Waals surface area contributed by atoms with E-state index in [1.807, 2.05) is 25.2 Å². The van der Waals surface area contributed by atoms with Crippen LogP contribution in [0.1, 0.15) is 11.6 Å². The van der Waals surface area contributed by atoms with Gasteiger partial charge in [0, 0.05) is 17.5 Å². The van der Waals surface area contributed by atoms with Gasteiger partial charge < -0.3 is 15.2 Å². The van der Waals surface area contributed by atoms with E-state index >= 15 is 0 Å². The lowest BCUT2D eigenvalue weighted by molar-refractivity contribution is 0.115. The first kappa shape index (κ1) is 11.5. The monoisotopic (exact) mass is 243 g/mol. The SMILES string of the molecule is CN[C@H]1c2c(ccc3ccccc23)OC[C@@H]1CO. The van der Waals surface area contributed by atoms with E-state index in [1.165, 1.54) is 16.3 Å². The molecule has 0 amide bonds. The largest absolute Gasteiger partial charge is 0.493 e. The standard InChI is InChI=1S/C15H17NO2/c1-16-15-11(8-17)9-18-13-7-6-10-4-2-3-5-12(10)14(13)15/h2-7,11,15-17H,8-9H2,1H3/t11-,15+/m0/s1. The molecule has 3 rings (SSSR count). The molecule has 1 heterocycles. The highest BCUT2D eigenvalue weighted by Crippen LogP contribution is 2.39. The lowest BCUT2D eigenvalue weighted by Gasteiger charge is -2.33. The lowest BCUT2D eigenvalue weighted by Crippen LogP contribution is -2.35. The number of hydrogen-bond donors (Lipinski definition) is 2. The Morgan fingerprint density at radius 3 is 2.89 bits per heavy atom. The molecular weight excluding hydrogens is 226 g/mol. The van der Waals surface area contributed by atoms with Gasteiger partial charge in [-0.2, -0.15) is 0 Å². The Labute approximate surface area is 106 Å². The van der Waals surface area contributed by atoms with Gasteiger partial charge in [-0.3, -0.25) is 0 Å². The minimum atomic E-state index is 0.105. The Morgan fingerprint density at radius 2 is 2.11 bits per heavy atom. The second-order valence-electron chi connectivity index (χ2n) is 4.72. The first-order chi connectivity index (χ1) is 8.85. The molecule has 0 unspecified atom stereocenters. The van der Waals surface area contributed by atoms with Gasteiger partial charge in [0.2, 0.25) is 0 Å². The summed E-state index contributed by atoms with van der Waals surface area (Å²) in [5.41, 5.74) is 1.17. The van der Waals surface area contributed by atoms with Gasteiger partial charge in [-0.05, 0) is 23.9 Å². The highest BCUT2D eigenvalue weighted by Gasteiger charge is 2.30. The van der Waals surface area contributed by atoms with Crippen LogP contribution < -0.4 is 10.1 Å². The molecule has 1 aliphatic rings. The Balaban J connectivity index is 2.23. The molecule has 0 spiro atoms. The maximum absolute atomic E-state index is 9.47. The summed E-state index contributed by atoms with van der Waals surface area (Å²) in [6.07, 6.45) is 0. The first-order valence-corrected chi connectivity index (χ1v) is 6.27. The van der Waals surface area contributed by atoms with Crippen molar-refractivity contribution in [2.45, 2.75) is 6.04 Å². The Kier molecular flexibility index (Phi) is 2.94. The summed E-state index contributed by atoms with van der Waals surface area (Å²) < 4.78 is 5.77. The number of hydrogen-bond acceptors (Lipinski definition) is 3. The molecular formula is C15H17NO2. The van der Waals surface area contributed by atoms with Crippen LogP contribution >= 0.6 is 0 Å². The van der Waals surface area contributed by atoms with E-state index in [9.17, 15) is 5.11 Å². The van der Waals surface area contributed by atoms with E-state index in [0.717, 1.165) is 5.75 Å². The van der Waals surface area contributed by atoms with Crippen LogP contribution in [0.3, 0.4) is 0 Å².